The van der Waals surface area contributed by atoms with Crippen LogP contribution in [0.2, 0.25) is 0 Å². The number of carboxylic acids is 1. The van der Waals surface area contributed by atoms with Crippen LogP contribution in [0, 0.1) is 0 Å². The zero-order valence-corrected chi connectivity index (χ0v) is 8.31. The van der Waals surface area contributed by atoms with Crippen LogP contribution in [0.3, 0.4) is 0 Å². The van der Waals surface area contributed by atoms with Gasteiger partial charge in [-0.3, -0.25) is 9.59 Å². The maximum absolute atomic E-state index is 11.9. The van der Waals surface area contributed by atoms with Crippen LogP contribution in [0.25, 0.3) is 10.8 Å². The molecule has 0 bridgehead atoms. The molecule has 1 atom stereocenters. The zero-order valence-electron chi connectivity index (χ0n) is 8.31. The lowest BCUT2D eigenvalue weighted by atomic mass is 10.00. The van der Waals surface area contributed by atoms with E-state index in [4.69, 9.17) is 5.11 Å². The topological polar surface area (TPSA) is 54.4 Å². The Labute approximate surface area is 91.3 Å². The molecule has 78 valence electrons. The summed E-state index contributed by atoms with van der Waals surface area (Å²) in [6.45, 7) is 0. The molecule has 0 amide bonds. The third kappa shape index (κ3) is 0.972. The first-order valence-electron chi connectivity index (χ1n) is 4.99. The molecule has 0 fully saturated rings. The molecule has 0 aromatic heterocycles. The number of carbonyl (C=O) groups excluding carboxylic acids is 1. The second-order valence-electron chi connectivity index (χ2n) is 3.89. The maximum Gasteiger partial charge on any atom is 0.318 e. The van der Waals surface area contributed by atoms with Gasteiger partial charge in [0.2, 0.25) is 0 Å². The molecule has 3 rings (SSSR count). The lowest BCUT2D eigenvalue weighted by Gasteiger charge is -2.03. The Morgan fingerprint density at radius 1 is 1.12 bits per heavy atom. The molecule has 1 aliphatic rings. The minimum absolute atomic E-state index is 0.306. The van der Waals surface area contributed by atoms with Gasteiger partial charge in [0.1, 0.15) is 5.92 Å². The molecule has 3 heteroatoms. The predicted octanol–water partition coefficient (Wildman–Crippen LogP) is 2.20. The van der Waals surface area contributed by atoms with Crippen LogP contribution in [-0.2, 0) is 4.79 Å². The van der Waals surface area contributed by atoms with E-state index >= 15 is 0 Å². The van der Waals surface area contributed by atoms with Gasteiger partial charge in [-0.05, 0) is 16.3 Å². The highest BCUT2D eigenvalue weighted by Gasteiger charge is 2.37. The van der Waals surface area contributed by atoms with Gasteiger partial charge in [0.15, 0.2) is 5.78 Å². The lowest BCUT2D eigenvalue weighted by molar-refractivity contribution is -0.137. The number of hydrogen-bond acceptors (Lipinski definition) is 2. The second kappa shape index (κ2) is 2.92. The first kappa shape index (κ1) is 9.09. The standard InChI is InChI=1S/C13H8O3/c14-12-9-6-2-4-7-3-1-5-8(10(7)9)11(12)13(15)16/h1-6,11H,(H,15,16). The van der Waals surface area contributed by atoms with E-state index in [0.29, 0.717) is 11.1 Å². The molecule has 1 aliphatic carbocycles. The van der Waals surface area contributed by atoms with E-state index in [9.17, 15) is 9.59 Å². The van der Waals surface area contributed by atoms with E-state index in [2.05, 4.69) is 0 Å². The minimum Gasteiger partial charge on any atom is -0.480 e. The van der Waals surface area contributed by atoms with Crippen molar-refractivity contribution in [2.24, 2.45) is 0 Å². The fraction of sp³-hybridized carbons (Fsp3) is 0.0769. The van der Waals surface area contributed by atoms with E-state index in [1.807, 2.05) is 12.1 Å². The van der Waals surface area contributed by atoms with E-state index in [-0.39, 0.29) is 5.78 Å². The smallest absolute Gasteiger partial charge is 0.318 e. The van der Waals surface area contributed by atoms with Gasteiger partial charge in [-0.25, -0.2) is 0 Å². The Bertz CT molecular complexity index is 623. The first-order chi connectivity index (χ1) is 7.70. The summed E-state index contributed by atoms with van der Waals surface area (Å²) in [5.74, 6) is -2.41. The number of ketones is 1. The number of hydrogen-bond donors (Lipinski definition) is 1. The monoisotopic (exact) mass is 212 g/mol. The van der Waals surface area contributed by atoms with Crippen LogP contribution in [0.15, 0.2) is 36.4 Å². The number of Topliss-reactive ketones (excluding diaryl/α,β-unsaturated/α-hetero) is 1. The van der Waals surface area contributed by atoms with Crippen molar-refractivity contribution in [2.75, 3.05) is 0 Å². The molecule has 16 heavy (non-hydrogen) atoms. The maximum atomic E-state index is 11.9. The third-order valence-corrected chi connectivity index (χ3v) is 3.02. The summed E-state index contributed by atoms with van der Waals surface area (Å²) in [6.07, 6.45) is 0. The molecule has 0 saturated carbocycles. The Hall–Kier alpha value is -2.16. The van der Waals surface area contributed by atoms with Crippen LogP contribution in [0.4, 0.5) is 0 Å². The SMILES string of the molecule is O=C(O)C1C(=O)c2cccc3cccc1c23. The third-order valence-electron chi connectivity index (χ3n) is 3.02. The Morgan fingerprint density at radius 3 is 2.50 bits per heavy atom. The van der Waals surface area contributed by atoms with E-state index in [0.717, 1.165) is 10.8 Å². The van der Waals surface area contributed by atoms with Gasteiger partial charge in [-0.15, -0.1) is 0 Å². The number of benzene rings is 2. The van der Waals surface area contributed by atoms with Crippen molar-refractivity contribution in [3.8, 4) is 0 Å². The highest BCUT2D eigenvalue weighted by Crippen LogP contribution is 2.38. The average Bonchev–Trinajstić information content (AvgIpc) is 2.55. The molecule has 0 aliphatic heterocycles. The molecular weight excluding hydrogens is 204 g/mol. The summed E-state index contributed by atoms with van der Waals surface area (Å²) in [4.78, 5) is 23.0. The van der Waals surface area contributed by atoms with Crippen LogP contribution in [-0.4, -0.2) is 16.9 Å². The molecule has 0 heterocycles. The van der Waals surface area contributed by atoms with Gasteiger partial charge >= 0.3 is 5.97 Å². The van der Waals surface area contributed by atoms with Crippen LogP contribution in [0.5, 0.6) is 0 Å². The number of carbonyl (C=O) groups is 2. The molecule has 0 spiro atoms. The predicted molar refractivity (Wildman–Crippen MR) is 58.7 cm³/mol. The average molecular weight is 212 g/mol. The number of carboxylic acid groups (broad SMARTS) is 1. The fourth-order valence-electron chi connectivity index (χ4n) is 2.36. The number of aliphatic carboxylic acids is 1. The Kier molecular flexibility index (Phi) is 1.66. The molecule has 0 saturated heterocycles. The van der Waals surface area contributed by atoms with Gasteiger partial charge in [-0.1, -0.05) is 36.4 Å². The van der Waals surface area contributed by atoms with Gasteiger partial charge < -0.3 is 5.11 Å². The molecule has 0 radical (unpaired) electrons. The number of rotatable bonds is 1. The summed E-state index contributed by atoms with van der Waals surface area (Å²) in [7, 11) is 0. The quantitative estimate of drug-likeness (QED) is 0.737. The van der Waals surface area contributed by atoms with Crippen LogP contribution >= 0.6 is 0 Å². The lowest BCUT2D eigenvalue weighted by Crippen LogP contribution is -2.16. The van der Waals surface area contributed by atoms with Crippen molar-refractivity contribution in [1.82, 2.24) is 0 Å². The molecular formula is C13H8O3. The van der Waals surface area contributed by atoms with Crippen LogP contribution in [0.1, 0.15) is 21.8 Å². The summed E-state index contributed by atoms with van der Waals surface area (Å²) < 4.78 is 0. The highest BCUT2D eigenvalue weighted by atomic mass is 16.4. The normalized spacial score (nSPS) is 18.0. The summed E-state index contributed by atoms with van der Waals surface area (Å²) in [5, 5.41) is 10.8. The largest absolute Gasteiger partial charge is 0.480 e. The molecule has 1 unspecified atom stereocenters. The summed E-state index contributed by atoms with van der Waals surface area (Å²) in [6, 6.07) is 10.8. The fourth-order valence-corrected chi connectivity index (χ4v) is 2.36. The molecule has 2 aromatic rings. The minimum atomic E-state index is -1.08. The van der Waals surface area contributed by atoms with E-state index < -0.39 is 11.9 Å². The summed E-state index contributed by atoms with van der Waals surface area (Å²) >= 11 is 0. The van der Waals surface area contributed by atoms with Crippen LogP contribution < -0.4 is 0 Å². The Balaban J connectivity index is 2.44. The van der Waals surface area contributed by atoms with Crippen molar-refractivity contribution in [3.63, 3.8) is 0 Å². The van der Waals surface area contributed by atoms with Crippen molar-refractivity contribution < 1.29 is 14.7 Å². The first-order valence-corrected chi connectivity index (χ1v) is 4.99. The van der Waals surface area contributed by atoms with E-state index in [1.165, 1.54) is 0 Å². The van der Waals surface area contributed by atoms with Crippen molar-refractivity contribution in [3.05, 3.63) is 47.5 Å². The van der Waals surface area contributed by atoms with Gasteiger partial charge in [0, 0.05) is 5.56 Å². The van der Waals surface area contributed by atoms with Crippen molar-refractivity contribution in [1.29, 1.82) is 0 Å². The zero-order chi connectivity index (χ0) is 11.3. The van der Waals surface area contributed by atoms with Gasteiger partial charge in [-0.2, -0.15) is 0 Å². The molecule has 2 aromatic carbocycles. The van der Waals surface area contributed by atoms with Gasteiger partial charge in [0.25, 0.3) is 0 Å². The molecule has 1 N–H and O–H groups in total. The second-order valence-corrected chi connectivity index (χ2v) is 3.89. The highest BCUT2D eigenvalue weighted by molar-refractivity contribution is 6.24. The summed E-state index contributed by atoms with van der Waals surface area (Å²) in [5.41, 5.74) is 1.14. The Morgan fingerprint density at radius 2 is 1.81 bits per heavy atom. The van der Waals surface area contributed by atoms with Crippen molar-refractivity contribution >= 4 is 22.5 Å². The van der Waals surface area contributed by atoms with E-state index in [1.54, 1.807) is 24.3 Å². The van der Waals surface area contributed by atoms with Crippen molar-refractivity contribution in [2.45, 2.75) is 5.92 Å². The van der Waals surface area contributed by atoms with Gasteiger partial charge in [0.05, 0.1) is 0 Å². The molecule has 3 nitrogen and oxygen atoms in total.